The topological polar surface area (TPSA) is 21.3 Å². The lowest BCUT2D eigenvalue weighted by molar-refractivity contribution is -0.321. The van der Waals surface area contributed by atoms with Gasteiger partial charge in [0.1, 0.15) is 0 Å². The van der Waals surface area contributed by atoms with Gasteiger partial charge in [-0.1, -0.05) is 15.9 Å². The molecule has 1 aromatic rings. The number of rotatable bonds is 5. The van der Waals surface area contributed by atoms with E-state index < -0.39 is 25.1 Å². The molecule has 0 spiro atoms. The van der Waals surface area contributed by atoms with Crippen LogP contribution in [-0.4, -0.2) is 31.6 Å². The summed E-state index contributed by atoms with van der Waals surface area (Å²) in [6, 6.07) is 6.60. The van der Waals surface area contributed by atoms with E-state index in [1.807, 2.05) is 0 Å². The third-order valence-electron chi connectivity index (χ3n) is 2.15. The van der Waals surface area contributed by atoms with Crippen LogP contribution in [0.1, 0.15) is 0 Å². The standard InChI is InChI=1S/C11H10BrF6NO/c12-7-1-3-8(4-2-7)19-5-6-20-9(10(13,14)15)11(16,17)18/h1-4,9,19H,5-6H2. The van der Waals surface area contributed by atoms with Crippen LogP contribution in [0.4, 0.5) is 32.0 Å². The zero-order valence-electron chi connectivity index (χ0n) is 9.85. The highest BCUT2D eigenvalue weighted by molar-refractivity contribution is 9.10. The summed E-state index contributed by atoms with van der Waals surface area (Å²) >= 11 is 3.19. The van der Waals surface area contributed by atoms with Gasteiger partial charge in [0.25, 0.3) is 0 Å². The monoisotopic (exact) mass is 365 g/mol. The van der Waals surface area contributed by atoms with Gasteiger partial charge in [-0.05, 0) is 24.3 Å². The SMILES string of the molecule is FC(F)(F)C(OCCNc1ccc(Br)cc1)C(F)(F)F. The average Bonchev–Trinajstić information content (AvgIpc) is 2.27. The van der Waals surface area contributed by atoms with Crippen molar-refractivity contribution >= 4 is 21.6 Å². The fourth-order valence-electron chi connectivity index (χ4n) is 1.31. The first kappa shape index (κ1) is 17.1. The van der Waals surface area contributed by atoms with E-state index in [9.17, 15) is 26.3 Å². The number of benzene rings is 1. The van der Waals surface area contributed by atoms with E-state index in [0.717, 1.165) is 4.47 Å². The number of hydrogen-bond donors (Lipinski definition) is 1. The second-order valence-corrected chi connectivity index (χ2v) is 4.68. The van der Waals surface area contributed by atoms with E-state index >= 15 is 0 Å². The summed E-state index contributed by atoms with van der Waals surface area (Å²) in [5, 5.41) is 2.65. The van der Waals surface area contributed by atoms with Crippen LogP contribution < -0.4 is 5.32 Å². The Morgan fingerprint density at radius 1 is 1.00 bits per heavy atom. The van der Waals surface area contributed by atoms with Gasteiger partial charge in [0, 0.05) is 16.7 Å². The summed E-state index contributed by atoms with van der Waals surface area (Å²) < 4.78 is 77.5. The summed E-state index contributed by atoms with van der Waals surface area (Å²) in [7, 11) is 0. The molecule has 0 atom stereocenters. The Hall–Kier alpha value is -0.960. The predicted molar refractivity (Wildman–Crippen MR) is 64.5 cm³/mol. The highest BCUT2D eigenvalue weighted by Crippen LogP contribution is 2.35. The molecule has 0 amide bonds. The average molecular weight is 366 g/mol. The predicted octanol–water partition coefficient (Wildman–Crippen LogP) is 4.37. The number of hydrogen-bond acceptors (Lipinski definition) is 2. The fourth-order valence-corrected chi connectivity index (χ4v) is 1.58. The number of nitrogens with one attached hydrogen (secondary N) is 1. The molecule has 0 unspecified atom stereocenters. The Bertz CT molecular complexity index is 402. The van der Waals surface area contributed by atoms with Gasteiger partial charge in [0.2, 0.25) is 6.10 Å². The molecule has 2 nitrogen and oxygen atoms in total. The maximum Gasteiger partial charge on any atom is 0.423 e. The van der Waals surface area contributed by atoms with E-state index in [1.54, 1.807) is 24.3 Å². The van der Waals surface area contributed by atoms with Crippen LogP contribution in [-0.2, 0) is 4.74 Å². The first-order valence-corrected chi connectivity index (χ1v) is 6.14. The molecule has 1 N–H and O–H groups in total. The summed E-state index contributed by atoms with van der Waals surface area (Å²) in [5.41, 5.74) is 0.562. The number of ether oxygens (including phenoxy) is 1. The van der Waals surface area contributed by atoms with Crippen LogP contribution in [0.25, 0.3) is 0 Å². The Morgan fingerprint density at radius 3 is 1.95 bits per heavy atom. The molecule has 0 aromatic heterocycles. The Balaban J connectivity index is 2.44. The minimum Gasteiger partial charge on any atom is -0.383 e. The second-order valence-electron chi connectivity index (χ2n) is 3.77. The van der Waals surface area contributed by atoms with E-state index in [0.29, 0.717) is 5.69 Å². The lowest BCUT2D eigenvalue weighted by atomic mass is 10.3. The van der Waals surface area contributed by atoms with Crippen molar-refractivity contribution in [1.82, 2.24) is 0 Å². The molecular weight excluding hydrogens is 356 g/mol. The number of halogens is 7. The quantitative estimate of drug-likeness (QED) is 0.617. The van der Waals surface area contributed by atoms with Crippen molar-refractivity contribution < 1.29 is 31.1 Å². The minimum absolute atomic E-state index is 0.176. The van der Waals surface area contributed by atoms with Gasteiger partial charge in [-0.15, -0.1) is 0 Å². The van der Waals surface area contributed by atoms with Crippen LogP contribution in [0.3, 0.4) is 0 Å². The van der Waals surface area contributed by atoms with Gasteiger partial charge in [0.05, 0.1) is 6.61 Å². The van der Waals surface area contributed by atoms with E-state index in [-0.39, 0.29) is 6.54 Å². The molecule has 0 radical (unpaired) electrons. The summed E-state index contributed by atoms with van der Waals surface area (Å²) in [6.45, 7) is -0.899. The molecule has 20 heavy (non-hydrogen) atoms. The van der Waals surface area contributed by atoms with Crippen molar-refractivity contribution in [3.8, 4) is 0 Å². The van der Waals surface area contributed by atoms with Crippen LogP contribution in [0.2, 0.25) is 0 Å². The molecular formula is C11H10BrF6NO. The van der Waals surface area contributed by atoms with Crippen molar-refractivity contribution in [3.63, 3.8) is 0 Å². The summed E-state index contributed by atoms with van der Waals surface area (Å²) in [5.74, 6) is 0. The zero-order chi connectivity index (χ0) is 15.4. The van der Waals surface area contributed by atoms with Gasteiger partial charge < -0.3 is 10.1 Å². The van der Waals surface area contributed by atoms with E-state index in [2.05, 4.69) is 26.0 Å². The Morgan fingerprint density at radius 2 is 1.50 bits per heavy atom. The molecule has 0 aliphatic heterocycles. The molecule has 0 aliphatic rings. The van der Waals surface area contributed by atoms with Crippen molar-refractivity contribution in [2.45, 2.75) is 18.5 Å². The van der Waals surface area contributed by atoms with Crippen molar-refractivity contribution in [1.29, 1.82) is 0 Å². The molecule has 1 aromatic carbocycles. The third kappa shape index (κ3) is 5.58. The zero-order valence-corrected chi connectivity index (χ0v) is 11.4. The van der Waals surface area contributed by atoms with Gasteiger partial charge in [-0.25, -0.2) is 0 Å². The maximum absolute atomic E-state index is 12.1. The van der Waals surface area contributed by atoms with Crippen LogP contribution >= 0.6 is 15.9 Å². The highest BCUT2D eigenvalue weighted by atomic mass is 79.9. The van der Waals surface area contributed by atoms with Gasteiger partial charge >= 0.3 is 12.4 Å². The third-order valence-corrected chi connectivity index (χ3v) is 2.68. The van der Waals surface area contributed by atoms with Gasteiger partial charge in [0.15, 0.2) is 0 Å². The minimum atomic E-state index is -5.48. The number of anilines is 1. The summed E-state index contributed by atoms with van der Waals surface area (Å²) in [4.78, 5) is 0. The van der Waals surface area contributed by atoms with Crippen molar-refractivity contribution in [2.24, 2.45) is 0 Å². The molecule has 0 heterocycles. The second kappa shape index (κ2) is 6.66. The van der Waals surface area contributed by atoms with Crippen molar-refractivity contribution in [3.05, 3.63) is 28.7 Å². The molecule has 114 valence electrons. The normalized spacial score (nSPS) is 12.8. The maximum atomic E-state index is 12.1. The molecule has 0 aliphatic carbocycles. The van der Waals surface area contributed by atoms with E-state index in [1.165, 1.54) is 0 Å². The van der Waals surface area contributed by atoms with Crippen LogP contribution in [0.5, 0.6) is 0 Å². The molecule has 9 heteroatoms. The van der Waals surface area contributed by atoms with Gasteiger partial charge in [-0.2, -0.15) is 26.3 Å². The van der Waals surface area contributed by atoms with E-state index in [4.69, 9.17) is 0 Å². The first-order valence-electron chi connectivity index (χ1n) is 5.35. The molecule has 0 saturated carbocycles. The number of alkyl halides is 6. The van der Waals surface area contributed by atoms with Crippen LogP contribution in [0.15, 0.2) is 28.7 Å². The lowest BCUT2D eigenvalue weighted by Crippen LogP contribution is -2.45. The lowest BCUT2D eigenvalue weighted by Gasteiger charge is -2.23. The van der Waals surface area contributed by atoms with Crippen LogP contribution in [0, 0.1) is 0 Å². The molecule has 0 saturated heterocycles. The fraction of sp³-hybridized carbons (Fsp3) is 0.455. The molecule has 1 rings (SSSR count). The Kier molecular flexibility index (Phi) is 5.69. The summed E-state index contributed by atoms with van der Waals surface area (Å²) in [6.07, 6.45) is -14.7. The first-order chi connectivity index (χ1) is 9.10. The van der Waals surface area contributed by atoms with Crippen molar-refractivity contribution in [2.75, 3.05) is 18.5 Å². The smallest absolute Gasteiger partial charge is 0.383 e. The van der Waals surface area contributed by atoms with Gasteiger partial charge in [-0.3, -0.25) is 0 Å². The molecule has 0 bridgehead atoms. The highest BCUT2D eigenvalue weighted by Gasteiger charge is 2.57. The molecule has 0 fully saturated rings. The largest absolute Gasteiger partial charge is 0.423 e. The Labute approximate surface area is 119 Å².